The predicted octanol–water partition coefficient (Wildman–Crippen LogP) is 4.04. The lowest BCUT2D eigenvalue weighted by molar-refractivity contribution is -0.0149. The van der Waals surface area contributed by atoms with Crippen LogP contribution in [0.2, 0.25) is 0 Å². The third-order valence-corrected chi connectivity index (χ3v) is 3.66. The number of benzene rings is 2. The van der Waals surface area contributed by atoms with Crippen LogP contribution >= 0.6 is 0 Å². The Morgan fingerprint density at radius 2 is 1.60 bits per heavy atom. The topological polar surface area (TPSA) is 50.4 Å². The number of hydrogen-bond acceptors (Lipinski definition) is 2. The number of rotatable bonds is 7. The zero-order valence-electron chi connectivity index (χ0n) is 15.3. The van der Waals surface area contributed by atoms with Crippen molar-refractivity contribution in [3.8, 4) is 0 Å². The zero-order chi connectivity index (χ0) is 18.1. The van der Waals surface area contributed by atoms with Crippen LogP contribution in [-0.2, 0) is 24.3 Å². The van der Waals surface area contributed by atoms with Gasteiger partial charge in [0.15, 0.2) is 0 Å². The Bertz CT molecular complexity index is 663. The van der Waals surface area contributed by atoms with Crippen molar-refractivity contribution < 1.29 is 9.53 Å². The summed E-state index contributed by atoms with van der Waals surface area (Å²) in [4.78, 5) is 11.9. The molecule has 2 rings (SSSR count). The summed E-state index contributed by atoms with van der Waals surface area (Å²) in [5.41, 5.74) is 3.23. The van der Waals surface area contributed by atoms with Gasteiger partial charge in [-0.2, -0.15) is 0 Å². The Morgan fingerprint density at radius 1 is 0.920 bits per heavy atom. The second-order valence-corrected chi connectivity index (χ2v) is 7.07. The van der Waals surface area contributed by atoms with Crippen molar-refractivity contribution in [1.82, 2.24) is 10.6 Å². The number of carbonyl (C=O) groups excluding carboxylic acids is 1. The highest BCUT2D eigenvalue weighted by Crippen LogP contribution is 2.13. The van der Waals surface area contributed by atoms with Gasteiger partial charge in [0.1, 0.15) is 0 Å². The van der Waals surface area contributed by atoms with Gasteiger partial charge in [-0.15, -0.1) is 0 Å². The molecule has 0 radical (unpaired) electrons. The minimum Gasteiger partial charge on any atom is -0.371 e. The van der Waals surface area contributed by atoms with Gasteiger partial charge in [0.05, 0.1) is 12.2 Å². The minimum absolute atomic E-state index is 0.146. The summed E-state index contributed by atoms with van der Waals surface area (Å²) in [6.07, 6.45) is 0.827. The predicted molar refractivity (Wildman–Crippen MR) is 101 cm³/mol. The molecule has 0 saturated heterocycles. The molecule has 0 heterocycles. The monoisotopic (exact) mass is 340 g/mol. The van der Waals surface area contributed by atoms with E-state index in [1.165, 1.54) is 5.56 Å². The number of nitrogens with one attached hydrogen (secondary N) is 2. The molecule has 0 atom stereocenters. The Kier molecular flexibility index (Phi) is 7.02. The van der Waals surface area contributed by atoms with Crippen molar-refractivity contribution in [2.75, 3.05) is 6.54 Å². The van der Waals surface area contributed by atoms with Gasteiger partial charge >= 0.3 is 6.03 Å². The quantitative estimate of drug-likeness (QED) is 0.799. The van der Waals surface area contributed by atoms with Crippen LogP contribution in [0.5, 0.6) is 0 Å². The third kappa shape index (κ3) is 7.86. The molecule has 134 valence electrons. The highest BCUT2D eigenvalue weighted by molar-refractivity contribution is 5.73. The molecule has 0 aliphatic carbocycles. The summed E-state index contributed by atoms with van der Waals surface area (Å²) in [6, 6.07) is 18.1. The Hall–Kier alpha value is -2.33. The summed E-state index contributed by atoms with van der Waals surface area (Å²) in [5, 5.41) is 5.78. The minimum atomic E-state index is -0.160. The first kappa shape index (κ1) is 19.0. The molecular weight excluding hydrogens is 312 g/mol. The van der Waals surface area contributed by atoms with E-state index in [2.05, 4.69) is 28.8 Å². The van der Waals surface area contributed by atoms with Crippen LogP contribution < -0.4 is 10.6 Å². The molecule has 2 amide bonds. The molecule has 0 aromatic heterocycles. The largest absolute Gasteiger partial charge is 0.371 e. The lowest BCUT2D eigenvalue weighted by atomic mass is 10.1. The van der Waals surface area contributed by atoms with Crippen molar-refractivity contribution in [1.29, 1.82) is 0 Å². The van der Waals surface area contributed by atoms with Crippen LogP contribution in [0.25, 0.3) is 0 Å². The highest BCUT2D eigenvalue weighted by atomic mass is 16.5. The first-order valence-corrected chi connectivity index (χ1v) is 8.70. The van der Waals surface area contributed by atoms with Crippen molar-refractivity contribution in [3.63, 3.8) is 0 Å². The molecule has 4 nitrogen and oxygen atoms in total. The number of ether oxygens (including phenoxy) is 1. The summed E-state index contributed by atoms with van der Waals surface area (Å²) in [6.45, 7) is 7.81. The van der Waals surface area contributed by atoms with E-state index in [-0.39, 0.29) is 11.6 Å². The normalized spacial score (nSPS) is 11.2. The van der Waals surface area contributed by atoms with Crippen LogP contribution in [0, 0.1) is 0 Å². The van der Waals surface area contributed by atoms with E-state index < -0.39 is 0 Å². The summed E-state index contributed by atoms with van der Waals surface area (Å²) < 4.78 is 5.79. The summed E-state index contributed by atoms with van der Waals surface area (Å²) >= 11 is 0. The molecule has 2 aromatic rings. The molecule has 2 N–H and O–H groups in total. The number of urea groups is 1. The van der Waals surface area contributed by atoms with E-state index in [1.54, 1.807) is 0 Å². The van der Waals surface area contributed by atoms with E-state index in [9.17, 15) is 4.79 Å². The molecule has 25 heavy (non-hydrogen) atoms. The first-order valence-electron chi connectivity index (χ1n) is 8.70. The second-order valence-electron chi connectivity index (χ2n) is 7.07. The molecule has 0 spiro atoms. The third-order valence-electron chi connectivity index (χ3n) is 3.66. The molecule has 0 fully saturated rings. The van der Waals surface area contributed by atoms with Gasteiger partial charge in [0, 0.05) is 13.1 Å². The zero-order valence-corrected chi connectivity index (χ0v) is 15.3. The molecule has 2 aromatic carbocycles. The van der Waals surface area contributed by atoms with Crippen molar-refractivity contribution >= 4 is 6.03 Å². The van der Waals surface area contributed by atoms with Crippen LogP contribution in [0.3, 0.4) is 0 Å². The van der Waals surface area contributed by atoms with E-state index in [0.717, 1.165) is 17.5 Å². The maximum atomic E-state index is 11.9. The smallest absolute Gasteiger partial charge is 0.315 e. The lowest BCUT2D eigenvalue weighted by Gasteiger charge is -2.19. The molecule has 0 saturated carbocycles. The van der Waals surface area contributed by atoms with Crippen molar-refractivity contribution in [2.24, 2.45) is 0 Å². The van der Waals surface area contributed by atoms with Crippen LogP contribution in [0.15, 0.2) is 54.6 Å². The number of hydrogen-bond donors (Lipinski definition) is 2. The van der Waals surface area contributed by atoms with Gasteiger partial charge in [0.25, 0.3) is 0 Å². The maximum absolute atomic E-state index is 11.9. The van der Waals surface area contributed by atoms with Gasteiger partial charge in [-0.25, -0.2) is 4.79 Å². The average Bonchev–Trinajstić information content (AvgIpc) is 2.59. The van der Waals surface area contributed by atoms with E-state index >= 15 is 0 Å². The second kappa shape index (κ2) is 9.23. The van der Waals surface area contributed by atoms with Crippen molar-refractivity contribution in [2.45, 2.75) is 45.9 Å². The van der Waals surface area contributed by atoms with Gasteiger partial charge in [-0.3, -0.25) is 0 Å². The first-order chi connectivity index (χ1) is 11.9. The van der Waals surface area contributed by atoms with Gasteiger partial charge in [-0.05, 0) is 43.9 Å². The van der Waals surface area contributed by atoms with Crippen LogP contribution in [-0.4, -0.2) is 18.2 Å². The maximum Gasteiger partial charge on any atom is 0.315 e. The van der Waals surface area contributed by atoms with Crippen molar-refractivity contribution in [3.05, 3.63) is 71.3 Å². The Morgan fingerprint density at radius 3 is 2.32 bits per heavy atom. The Balaban J connectivity index is 1.72. The molecule has 0 aliphatic rings. The van der Waals surface area contributed by atoms with Gasteiger partial charge in [0.2, 0.25) is 0 Å². The van der Waals surface area contributed by atoms with E-state index in [1.807, 2.05) is 57.2 Å². The summed E-state index contributed by atoms with van der Waals surface area (Å²) in [7, 11) is 0. The number of carbonyl (C=O) groups is 1. The highest BCUT2D eigenvalue weighted by Gasteiger charge is 2.10. The molecular formula is C21H28N2O2. The molecule has 0 unspecified atom stereocenters. The lowest BCUT2D eigenvalue weighted by Crippen LogP contribution is -2.36. The molecule has 4 heteroatoms. The van der Waals surface area contributed by atoms with Crippen LogP contribution in [0.1, 0.15) is 37.5 Å². The number of amides is 2. The molecule has 0 bridgehead atoms. The fourth-order valence-electron chi connectivity index (χ4n) is 2.34. The van der Waals surface area contributed by atoms with E-state index in [0.29, 0.717) is 19.7 Å². The Labute approximate surface area is 150 Å². The summed E-state index contributed by atoms with van der Waals surface area (Å²) in [5.74, 6) is 0. The van der Waals surface area contributed by atoms with E-state index in [4.69, 9.17) is 4.74 Å². The SMILES string of the molecule is CC(C)(C)OCc1cccc(CNC(=O)NCCc2ccccc2)c1. The average molecular weight is 340 g/mol. The fraction of sp³-hybridized carbons (Fsp3) is 0.381. The standard InChI is InChI=1S/C21H28N2O2/c1-21(2,3)25-16-19-11-7-10-18(14-19)15-23-20(24)22-13-12-17-8-5-4-6-9-17/h4-11,14H,12-13,15-16H2,1-3H3,(H2,22,23,24). The van der Waals surface area contributed by atoms with Crippen LogP contribution in [0.4, 0.5) is 4.79 Å². The molecule has 0 aliphatic heterocycles. The fourth-order valence-corrected chi connectivity index (χ4v) is 2.34. The van der Waals surface area contributed by atoms with Gasteiger partial charge in [-0.1, -0.05) is 54.6 Å². The van der Waals surface area contributed by atoms with Gasteiger partial charge < -0.3 is 15.4 Å².